The summed E-state index contributed by atoms with van der Waals surface area (Å²) in [4.78, 5) is 16.7. The number of rotatable bonds is 1. The van der Waals surface area contributed by atoms with Gasteiger partial charge in [-0.05, 0) is 37.8 Å². The number of hydrogen-bond acceptors (Lipinski definition) is 2. The molecular formula is C14H17N3O. The van der Waals surface area contributed by atoms with Crippen molar-refractivity contribution >= 4 is 11.9 Å². The van der Waals surface area contributed by atoms with Crippen LogP contribution in [-0.2, 0) is 16.8 Å². The van der Waals surface area contributed by atoms with E-state index in [0.29, 0.717) is 5.96 Å². The molecule has 4 nitrogen and oxygen atoms in total. The smallest absolute Gasteiger partial charge is 0.257 e. The molecule has 4 heteroatoms. The van der Waals surface area contributed by atoms with Crippen LogP contribution in [-0.4, -0.2) is 17.9 Å². The van der Waals surface area contributed by atoms with E-state index in [1.807, 2.05) is 32.0 Å². The van der Waals surface area contributed by atoms with Gasteiger partial charge in [0.05, 0.1) is 0 Å². The van der Waals surface area contributed by atoms with Gasteiger partial charge in [-0.15, -0.1) is 0 Å². The van der Waals surface area contributed by atoms with E-state index < -0.39 is 5.54 Å². The third-order valence-corrected chi connectivity index (χ3v) is 3.59. The minimum absolute atomic E-state index is 0.0202. The van der Waals surface area contributed by atoms with Crippen molar-refractivity contribution in [1.29, 1.82) is 0 Å². The summed E-state index contributed by atoms with van der Waals surface area (Å²) in [6.07, 6.45) is 1.74. The zero-order chi connectivity index (χ0) is 12.8. The van der Waals surface area contributed by atoms with E-state index in [0.717, 1.165) is 18.4 Å². The van der Waals surface area contributed by atoms with Crippen LogP contribution in [0.5, 0.6) is 0 Å². The molecule has 3 rings (SSSR count). The van der Waals surface area contributed by atoms with Crippen molar-refractivity contribution in [2.45, 2.75) is 38.3 Å². The van der Waals surface area contributed by atoms with Gasteiger partial charge in [-0.1, -0.05) is 24.3 Å². The predicted octanol–water partition coefficient (Wildman–Crippen LogP) is 1.31. The number of aliphatic imine (C=N–C) groups is 1. The number of hydrogen-bond donors (Lipinski definition) is 2. The van der Waals surface area contributed by atoms with E-state index in [1.54, 1.807) is 0 Å². The van der Waals surface area contributed by atoms with E-state index in [9.17, 15) is 4.79 Å². The Morgan fingerprint density at radius 2 is 2.11 bits per heavy atom. The first-order valence-corrected chi connectivity index (χ1v) is 6.38. The third kappa shape index (κ3) is 1.52. The number of aryl methyl sites for hydroxylation is 1. The second-order valence-electron chi connectivity index (χ2n) is 5.21. The van der Waals surface area contributed by atoms with Crippen molar-refractivity contribution in [2.24, 2.45) is 4.99 Å². The Morgan fingerprint density at radius 1 is 1.33 bits per heavy atom. The summed E-state index contributed by atoms with van der Waals surface area (Å²) in [6, 6.07) is 8.30. The van der Waals surface area contributed by atoms with E-state index in [2.05, 4.69) is 21.7 Å². The van der Waals surface area contributed by atoms with Crippen LogP contribution in [0.2, 0.25) is 0 Å². The molecule has 1 aliphatic carbocycles. The molecular weight excluding hydrogens is 226 g/mol. The second kappa shape index (κ2) is 3.83. The van der Waals surface area contributed by atoms with Gasteiger partial charge in [0.1, 0.15) is 5.54 Å². The fraction of sp³-hybridized carbons (Fsp3) is 0.429. The fourth-order valence-electron chi connectivity index (χ4n) is 2.80. The zero-order valence-corrected chi connectivity index (χ0v) is 10.7. The maximum absolute atomic E-state index is 12.3. The van der Waals surface area contributed by atoms with Crippen LogP contribution in [0.4, 0.5) is 0 Å². The minimum Gasteiger partial charge on any atom is -0.338 e. The Balaban J connectivity index is 2.01. The van der Waals surface area contributed by atoms with Crippen molar-refractivity contribution in [1.82, 2.24) is 10.6 Å². The monoisotopic (exact) mass is 243 g/mol. The zero-order valence-electron chi connectivity index (χ0n) is 10.7. The Bertz CT molecular complexity index is 536. The van der Waals surface area contributed by atoms with Crippen LogP contribution in [0.15, 0.2) is 29.3 Å². The predicted molar refractivity (Wildman–Crippen MR) is 70.3 cm³/mol. The van der Waals surface area contributed by atoms with Crippen LogP contribution < -0.4 is 10.6 Å². The summed E-state index contributed by atoms with van der Waals surface area (Å²) in [7, 11) is 0. The van der Waals surface area contributed by atoms with Crippen LogP contribution in [0.25, 0.3) is 0 Å². The molecule has 0 bridgehead atoms. The Labute approximate surface area is 106 Å². The fourth-order valence-corrected chi connectivity index (χ4v) is 2.80. The molecule has 1 saturated heterocycles. The third-order valence-electron chi connectivity index (χ3n) is 3.59. The lowest BCUT2D eigenvalue weighted by Gasteiger charge is -2.21. The summed E-state index contributed by atoms with van der Waals surface area (Å²) >= 11 is 0. The van der Waals surface area contributed by atoms with Gasteiger partial charge in [-0.3, -0.25) is 15.1 Å². The van der Waals surface area contributed by atoms with Crippen molar-refractivity contribution in [3.63, 3.8) is 0 Å². The van der Waals surface area contributed by atoms with Crippen LogP contribution in [0.1, 0.15) is 31.4 Å². The Morgan fingerprint density at radius 3 is 2.89 bits per heavy atom. The van der Waals surface area contributed by atoms with Crippen molar-refractivity contribution in [2.75, 3.05) is 0 Å². The Hall–Kier alpha value is -1.84. The number of benzene rings is 1. The SMILES string of the molecule is CC(C)N=C1NC(=O)C2(CCc3ccccc32)N1. The summed E-state index contributed by atoms with van der Waals surface area (Å²) < 4.78 is 0. The van der Waals surface area contributed by atoms with E-state index in [1.165, 1.54) is 5.56 Å². The number of fused-ring (bicyclic) bond motifs is 2. The van der Waals surface area contributed by atoms with Gasteiger partial charge in [-0.25, -0.2) is 0 Å². The maximum atomic E-state index is 12.3. The average molecular weight is 243 g/mol. The quantitative estimate of drug-likeness (QED) is 0.781. The lowest BCUT2D eigenvalue weighted by Crippen LogP contribution is -2.41. The van der Waals surface area contributed by atoms with Gasteiger partial charge >= 0.3 is 0 Å². The van der Waals surface area contributed by atoms with Gasteiger partial charge in [0, 0.05) is 6.04 Å². The molecule has 1 aromatic carbocycles. The number of amides is 1. The van der Waals surface area contributed by atoms with Crippen LogP contribution in [0.3, 0.4) is 0 Å². The molecule has 2 N–H and O–H groups in total. The van der Waals surface area contributed by atoms with E-state index in [-0.39, 0.29) is 11.9 Å². The highest BCUT2D eigenvalue weighted by atomic mass is 16.2. The molecule has 0 radical (unpaired) electrons. The van der Waals surface area contributed by atoms with Gasteiger partial charge in [0.2, 0.25) is 0 Å². The van der Waals surface area contributed by atoms with Crippen molar-refractivity contribution in [3.05, 3.63) is 35.4 Å². The highest BCUT2D eigenvalue weighted by molar-refractivity contribution is 6.09. The van der Waals surface area contributed by atoms with E-state index in [4.69, 9.17) is 0 Å². The van der Waals surface area contributed by atoms with Gasteiger partial charge in [-0.2, -0.15) is 0 Å². The van der Waals surface area contributed by atoms with Crippen molar-refractivity contribution in [3.8, 4) is 0 Å². The molecule has 18 heavy (non-hydrogen) atoms. The molecule has 1 aromatic rings. The lowest BCUT2D eigenvalue weighted by molar-refractivity contribution is -0.124. The second-order valence-corrected chi connectivity index (χ2v) is 5.21. The summed E-state index contributed by atoms with van der Waals surface area (Å²) in [5.74, 6) is 0.624. The molecule has 0 saturated carbocycles. The molecule has 1 spiro atoms. The standard InChI is InChI=1S/C14H17N3O/c1-9(2)15-13-16-12(18)14(17-13)8-7-10-5-3-4-6-11(10)14/h3-6,9H,7-8H2,1-2H3,(H2,15,16,17,18). The first-order chi connectivity index (χ1) is 8.62. The summed E-state index contributed by atoms with van der Waals surface area (Å²) in [5, 5.41) is 6.15. The first kappa shape index (κ1) is 11.3. The Kier molecular flexibility index (Phi) is 2.40. The molecule has 1 heterocycles. The number of nitrogens with one attached hydrogen (secondary N) is 2. The van der Waals surface area contributed by atoms with Crippen molar-refractivity contribution < 1.29 is 4.79 Å². The minimum atomic E-state index is -0.593. The van der Waals surface area contributed by atoms with Gasteiger partial charge < -0.3 is 5.32 Å². The number of carbonyl (C=O) groups is 1. The molecule has 94 valence electrons. The molecule has 1 fully saturated rings. The molecule has 1 atom stereocenters. The molecule has 2 aliphatic rings. The highest BCUT2D eigenvalue weighted by Gasteiger charge is 2.50. The van der Waals surface area contributed by atoms with Gasteiger partial charge in [0.15, 0.2) is 5.96 Å². The topological polar surface area (TPSA) is 53.5 Å². The maximum Gasteiger partial charge on any atom is 0.257 e. The van der Waals surface area contributed by atoms with Gasteiger partial charge in [0.25, 0.3) is 5.91 Å². The number of carbonyl (C=O) groups excluding carboxylic acids is 1. The van der Waals surface area contributed by atoms with Crippen LogP contribution >= 0.6 is 0 Å². The largest absolute Gasteiger partial charge is 0.338 e. The lowest BCUT2D eigenvalue weighted by atomic mass is 9.92. The first-order valence-electron chi connectivity index (χ1n) is 6.38. The summed E-state index contributed by atoms with van der Waals surface area (Å²) in [5.41, 5.74) is 1.76. The normalized spacial score (nSPS) is 27.7. The summed E-state index contributed by atoms with van der Waals surface area (Å²) in [6.45, 7) is 3.99. The van der Waals surface area contributed by atoms with E-state index >= 15 is 0 Å². The average Bonchev–Trinajstić information content (AvgIpc) is 2.83. The molecule has 1 amide bonds. The molecule has 1 aliphatic heterocycles. The number of guanidine groups is 1. The van der Waals surface area contributed by atoms with Crippen LogP contribution in [0, 0.1) is 0 Å². The number of nitrogens with zero attached hydrogens (tertiary/aromatic N) is 1. The molecule has 1 unspecified atom stereocenters. The highest BCUT2D eigenvalue weighted by Crippen LogP contribution is 2.38. The molecule has 0 aromatic heterocycles.